The molecule has 29 heavy (non-hydrogen) atoms. The number of benzene rings is 2. The van der Waals surface area contributed by atoms with Gasteiger partial charge in [-0.1, -0.05) is 24.6 Å². The second-order valence-electron chi connectivity index (χ2n) is 7.02. The van der Waals surface area contributed by atoms with Crippen LogP contribution in [0, 0.1) is 6.92 Å². The molecule has 0 bridgehead atoms. The highest BCUT2D eigenvalue weighted by Gasteiger charge is 2.27. The van der Waals surface area contributed by atoms with Gasteiger partial charge in [-0.2, -0.15) is 0 Å². The van der Waals surface area contributed by atoms with Crippen molar-refractivity contribution in [3.8, 4) is 0 Å². The number of aryl methyl sites for hydroxylation is 1. The van der Waals surface area contributed by atoms with Gasteiger partial charge in [0.15, 0.2) is 9.84 Å². The Hall–Kier alpha value is -2.32. The minimum atomic E-state index is -3.62. The number of anilines is 2. The maximum atomic E-state index is 12.8. The zero-order valence-corrected chi connectivity index (χ0v) is 18.3. The average Bonchev–Trinajstić information content (AvgIpc) is 2.71. The number of hydrogen-bond donors (Lipinski definition) is 1. The van der Waals surface area contributed by atoms with Crippen LogP contribution in [0.1, 0.15) is 25.3 Å². The first-order chi connectivity index (χ1) is 13.7. The lowest BCUT2D eigenvalue weighted by atomic mass is 10.2. The molecule has 0 aliphatic carbocycles. The van der Waals surface area contributed by atoms with Gasteiger partial charge < -0.3 is 10.2 Å². The van der Waals surface area contributed by atoms with Crippen molar-refractivity contribution >= 4 is 44.8 Å². The van der Waals surface area contributed by atoms with Crippen LogP contribution in [0.25, 0.3) is 0 Å². The first-order valence-corrected chi connectivity index (χ1v) is 11.9. The van der Waals surface area contributed by atoms with Crippen molar-refractivity contribution in [1.29, 1.82) is 0 Å². The van der Waals surface area contributed by atoms with Gasteiger partial charge >= 0.3 is 0 Å². The molecule has 8 heteroatoms. The van der Waals surface area contributed by atoms with Crippen LogP contribution in [-0.2, 0) is 19.4 Å². The van der Waals surface area contributed by atoms with Gasteiger partial charge in [0, 0.05) is 24.1 Å². The van der Waals surface area contributed by atoms with Crippen molar-refractivity contribution in [3.63, 3.8) is 0 Å². The standard InChI is InChI=1S/C21H24N2O4S2/c1-4-18-21(25)22-17-10-9-16(13-19(17)28-18)29(26,27)12-11-20(24)23(3)15-7-5-14(2)6-8-15/h5-10,13,18H,4,11-12H2,1-3H3,(H,22,25). The van der Waals surface area contributed by atoms with Gasteiger partial charge in [0.25, 0.3) is 0 Å². The van der Waals surface area contributed by atoms with Crippen molar-refractivity contribution < 1.29 is 18.0 Å². The third-order valence-corrected chi connectivity index (χ3v) is 8.02. The lowest BCUT2D eigenvalue weighted by Crippen LogP contribution is -2.29. The van der Waals surface area contributed by atoms with Crippen LogP contribution in [0.3, 0.4) is 0 Å². The molecule has 154 valence electrons. The van der Waals surface area contributed by atoms with E-state index in [0.717, 1.165) is 16.1 Å². The van der Waals surface area contributed by atoms with Crippen molar-refractivity contribution in [2.75, 3.05) is 23.0 Å². The normalized spacial score (nSPS) is 16.1. The largest absolute Gasteiger partial charge is 0.324 e. The summed E-state index contributed by atoms with van der Waals surface area (Å²) in [5.41, 5.74) is 2.44. The van der Waals surface area contributed by atoms with Crippen molar-refractivity contribution in [2.45, 2.75) is 41.7 Å². The lowest BCUT2D eigenvalue weighted by molar-refractivity contribution is -0.118. The quantitative estimate of drug-likeness (QED) is 0.753. The fourth-order valence-corrected chi connectivity index (χ4v) is 5.41. The maximum Gasteiger partial charge on any atom is 0.237 e. The number of rotatable bonds is 6. The third kappa shape index (κ3) is 4.82. The topological polar surface area (TPSA) is 83.6 Å². The number of thioether (sulfide) groups is 1. The third-order valence-electron chi connectivity index (χ3n) is 4.88. The van der Waals surface area contributed by atoms with E-state index in [1.165, 1.54) is 22.7 Å². The van der Waals surface area contributed by atoms with Crippen LogP contribution < -0.4 is 10.2 Å². The first-order valence-electron chi connectivity index (χ1n) is 9.39. The Labute approximate surface area is 175 Å². The average molecular weight is 433 g/mol. The monoisotopic (exact) mass is 432 g/mol. The number of hydrogen-bond acceptors (Lipinski definition) is 5. The molecule has 0 radical (unpaired) electrons. The van der Waals surface area contributed by atoms with Crippen LogP contribution in [0.5, 0.6) is 0 Å². The fourth-order valence-electron chi connectivity index (χ4n) is 3.01. The molecule has 0 fully saturated rings. The number of nitrogens with zero attached hydrogens (tertiary/aromatic N) is 1. The summed E-state index contributed by atoms with van der Waals surface area (Å²) in [7, 11) is -1.98. The molecule has 1 heterocycles. The molecule has 1 atom stereocenters. The summed E-state index contributed by atoms with van der Waals surface area (Å²) in [5.74, 6) is -0.594. The van der Waals surface area contributed by atoms with E-state index in [1.807, 2.05) is 38.1 Å². The summed E-state index contributed by atoms with van der Waals surface area (Å²) in [6.45, 7) is 3.88. The van der Waals surface area contributed by atoms with Gasteiger partial charge in [0.1, 0.15) is 0 Å². The zero-order chi connectivity index (χ0) is 21.2. The molecule has 0 aromatic heterocycles. The van der Waals surface area contributed by atoms with Gasteiger partial charge in [-0.05, 0) is 43.7 Å². The van der Waals surface area contributed by atoms with E-state index in [0.29, 0.717) is 12.1 Å². The summed E-state index contributed by atoms with van der Waals surface area (Å²) in [4.78, 5) is 26.8. The second-order valence-corrected chi connectivity index (χ2v) is 10.4. The Bertz CT molecular complexity index is 1030. The minimum Gasteiger partial charge on any atom is -0.324 e. The van der Waals surface area contributed by atoms with E-state index in [9.17, 15) is 18.0 Å². The number of nitrogens with one attached hydrogen (secondary N) is 1. The SMILES string of the molecule is CCC1Sc2cc(S(=O)(=O)CCC(=O)N(C)c3ccc(C)cc3)ccc2NC1=O. The molecule has 2 amide bonds. The van der Waals surface area contributed by atoms with E-state index in [1.54, 1.807) is 19.2 Å². The first kappa shape index (κ1) is 21.4. The van der Waals surface area contributed by atoms with E-state index in [-0.39, 0.29) is 34.1 Å². The van der Waals surface area contributed by atoms with Crippen molar-refractivity contribution in [3.05, 3.63) is 48.0 Å². The summed E-state index contributed by atoms with van der Waals surface area (Å²) in [5, 5.41) is 2.58. The highest BCUT2D eigenvalue weighted by atomic mass is 32.2. The summed E-state index contributed by atoms with van der Waals surface area (Å²) >= 11 is 1.37. The van der Waals surface area contributed by atoms with Crippen LogP contribution in [0.15, 0.2) is 52.3 Å². The molecule has 1 aliphatic heterocycles. The van der Waals surface area contributed by atoms with Gasteiger partial charge in [-0.25, -0.2) is 8.42 Å². The second kappa shape index (κ2) is 8.59. The molecule has 2 aromatic carbocycles. The smallest absolute Gasteiger partial charge is 0.237 e. The molecule has 1 N–H and O–H groups in total. The summed E-state index contributed by atoms with van der Waals surface area (Å²) in [6, 6.07) is 12.2. The predicted octanol–water partition coefficient (Wildman–Crippen LogP) is 3.64. The van der Waals surface area contributed by atoms with Gasteiger partial charge in [-0.15, -0.1) is 11.8 Å². The molecule has 3 rings (SSSR count). The summed E-state index contributed by atoms with van der Waals surface area (Å²) in [6.07, 6.45) is 0.554. The Morgan fingerprint density at radius 3 is 2.52 bits per heavy atom. The Balaban J connectivity index is 1.70. The van der Waals surface area contributed by atoms with Crippen LogP contribution in [-0.4, -0.2) is 38.3 Å². The molecule has 0 saturated carbocycles. The van der Waals surface area contributed by atoms with Crippen molar-refractivity contribution in [1.82, 2.24) is 0 Å². The minimum absolute atomic E-state index is 0.0645. The zero-order valence-electron chi connectivity index (χ0n) is 16.6. The molecule has 1 unspecified atom stereocenters. The lowest BCUT2D eigenvalue weighted by Gasteiger charge is -2.23. The Morgan fingerprint density at radius 1 is 1.17 bits per heavy atom. The van der Waals surface area contributed by atoms with Crippen LogP contribution in [0.4, 0.5) is 11.4 Å². The number of carbonyl (C=O) groups excluding carboxylic acids is 2. The molecule has 2 aromatic rings. The van der Waals surface area contributed by atoms with E-state index < -0.39 is 9.84 Å². The predicted molar refractivity (Wildman–Crippen MR) is 116 cm³/mol. The van der Waals surface area contributed by atoms with E-state index >= 15 is 0 Å². The van der Waals surface area contributed by atoms with Crippen LogP contribution >= 0.6 is 11.8 Å². The maximum absolute atomic E-state index is 12.8. The fraction of sp³-hybridized carbons (Fsp3) is 0.333. The van der Waals surface area contributed by atoms with Gasteiger partial charge in [0.2, 0.25) is 11.8 Å². The number of fused-ring (bicyclic) bond motifs is 1. The highest BCUT2D eigenvalue weighted by Crippen LogP contribution is 2.38. The highest BCUT2D eigenvalue weighted by molar-refractivity contribution is 8.01. The molecular formula is C21H24N2O4S2. The van der Waals surface area contributed by atoms with Crippen molar-refractivity contribution in [2.24, 2.45) is 0 Å². The number of amides is 2. The molecule has 6 nitrogen and oxygen atoms in total. The molecule has 1 aliphatic rings. The van der Waals surface area contributed by atoms with Crippen LogP contribution in [0.2, 0.25) is 0 Å². The molecule has 0 saturated heterocycles. The van der Waals surface area contributed by atoms with E-state index in [4.69, 9.17) is 0 Å². The Kier molecular flexibility index (Phi) is 6.33. The van der Waals surface area contributed by atoms with Gasteiger partial charge in [-0.3, -0.25) is 9.59 Å². The van der Waals surface area contributed by atoms with Gasteiger partial charge in [0.05, 0.1) is 21.6 Å². The number of sulfone groups is 1. The van der Waals surface area contributed by atoms with E-state index in [2.05, 4.69) is 5.32 Å². The number of carbonyl (C=O) groups is 2. The molecule has 0 spiro atoms. The molecular weight excluding hydrogens is 408 g/mol. The summed E-state index contributed by atoms with van der Waals surface area (Å²) < 4.78 is 25.5. The Morgan fingerprint density at radius 2 is 1.86 bits per heavy atom.